The number of amides is 2. The Morgan fingerprint density at radius 1 is 1.04 bits per heavy atom. The molecule has 2 aromatic carbocycles. The summed E-state index contributed by atoms with van der Waals surface area (Å²) in [6.07, 6.45) is 0.425. The average molecular weight is 322 g/mol. The first-order chi connectivity index (χ1) is 11.6. The van der Waals surface area contributed by atoms with E-state index in [1.165, 1.54) is 0 Å². The van der Waals surface area contributed by atoms with Crippen molar-refractivity contribution in [1.29, 1.82) is 0 Å². The molecule has 124 valence electrons. The van der Waals surface area contributed by atoms with Gasteiger partial charge in [0.15, 0.2) is 0 Å². The molecule has 0 N–H and O–H groups in total. The van der Waals surface area contributed by atoms with Gasteiger partial charge in [-0.2, -0.15) is 0 Å². The Labute approximate surface area is 142 Å². The van der Waals surface area contributed by atoms with Crippen molar-refractivity contribution < 1.29 is 9.59 Å². The number of rotatable bonds is 3. The monoisotopic (exact) mass is 322 g/mol. The summed E-state index contributed by atoms with van der Waals surface area (Å²) in [5.74, 6) is -0.141. The molecule has 1 heterocycles. The van der Waals surface area contributed by atoms with E-state index in [1.807, 2.05) is 68.4 Å². The number of nitrogens with zero attached hydrogens (tertiary/aromatic N) is 2. The Bertz CT molecular complexity index is 742. The maximum atomic E-state index is 13.0. The summed E-state index contributed by atoms with van der Waals surface area (Å²) in [5.41, 5.74) is 2.69. The van der Waals surface area contributed by atoms with Crippen molar-refractivity contribution in [2.75, 3.05) is 16.3 Å². The van der Waals surface area contributed by atoms with Crippen LogP contribution in [0.5, 0.6) is 0 Å². The zero-order chi connectivity index (χ0) is 17.1. The van der Waals surface area contributed by atoms with E-state index in [1.54, 1.807) is 9.80 Å². The van der Waals surface area contributed by atoms with Crippen molar-refractivity contribution >= 4 is 23.2 Å². The molecule has 4 nitrogen and oxygen atoms in total. The van der Waals surface area contributed by atoms with Gasteiger partial charge >= 0.3 is 0 Å². The Morgan fingerprint density at radius 3 is 2.33 bits per heavy atom. The van der Waals surface area contributed by atoms with Crippen molar-refractivity contribution in [2.45, 2.75) is 26.8 Å². The fourth-order valence-electron chi connectivity index (χ4n) is 3.11. The van der Waals surface area contributed by atoms with Crippen LogP contribution in [0.25, 0.3) is 0 Å². The standard InChI is InChI=1S/C20H22N2O2/c1-3-19(23)21-13-15(2)20(24)22(14-16-9-5-4-6-10-16)18-12-8-7-11-17(18)21/h4-12,15H,3,13-14H2,1-2H3/t15-/m0/s1. The molecule has 0 fully saturated rings. The average Bonchev–Trinajstić information content (AvgIpc) is 2.73. The van der Waals surface area contributed by atoms with E-state index in [4.69, 9.17) is 0 Å². The Kier molecular flexibility index (Phi) is 4.65. The van der Waals surface area contributed by atoms with E-state index < -0.39 is 0 Å². The van der Waals surface area contributed by atoms with Crippen LogP contribution in [-0.4, -0.2) is 18.4 Å². The third-order valence-corrected chi connectivity index (χ3v) is 4.39. The van der Waals surface area contributed by atoms with Crippen molar-refractivity contribution in [2.24, 2.45) is 5.92 Å². The van der Waals surface area contributed by atoms with Crippen LogP contribution in [0.4, 0.5) is 11.4 Å². The summed E-state index contributed by atoms with van der Waals surface area (Å²) >= 11 is 0. The van der Waals surface area contributed by atoms with Gasteiger partial charge in [0.1, 0.15) is 0 Å². The zero-order valence-corrected chi connectivity index (χ0v) is 14.1. The van der Waals surface area contributed by atoms with Gasteiger partial charge in [-0.3, -0.25) is 9.59 Å². The lowest BCUT2D eigenvalue weighted by Crippen LogP contribution is -2.37. The number of benzene rings is 2. The number of carbonyl (C=O) groups excluding carboxylic acids is 2. The van der Waals surface area contributed by atoms with Crippen molar-refractivity contribution in [3.8, 4) is 0 Å². The Hall–Kier alpha value is -2.62. The molecule has 1 aliphatic heterocycles. The van der Waals surface area contributed by atoms with Gasteiger partial charge in [-0.15, -0.1) is 0 Å². The fourth-order valence-corrected chi connectivity index (χ4v) is 3.11. The third kappa shape index (κ3) is 3.04. The van der Waals surface area contributed by atoms with E-state index in [0.29, 0.717) is 19.5 Å². The first-order valence-electron chi connectivity index (χ1n) is 8.36. The maximum Gasteiger partial charge on any atom is 0.231 e. The maximum absolute atomic E-state index is 13.0. The molecule has 0 radical (unpaired) electrons. The summed E-state index contributed by atoms with van der Waals surface area (Å²) in [4.78, 5) is 28.9. The minimum Gasteiger partial charge on any atom is -0.310 e. The van der Waals surface area contributed by atoms with E-state index in [0.717, 1.165) is 16.9 Å². The van der Waals surface area contributed by atoms with E-state index >= 15 is 0 Å². The van der Waals surface area contributed by atoms with Crippen LogP contribution in [0.1, 0.15) is 25.8 Å². The first kappa shape index (κ1) is 16.2. The van der Waals surface area contributed by atoms with Crippen LogP contribution in [0, 0.1) is 5.92 Å². The molecule has 24 heavy (non-hydrogen) atoms. The smallest absolute Gasteiger partial charge is 0.231 e. The lowest BCUT2D eigenvalue weighted by molar-refractivity contribution is -0.122. The molecule has 0 aromatic heterocycles. The number of hydrogen-bond donors (Lipinski definition) is 0. The normalized spacial score (nSPS) is 17.4. The molecule has 0 aliphatic carbocycles. The van der Waals surface area contributed by atoms with Crippen LogP contribution in [-0.2, 0) is 16.1 Å². The van der Waals surface area contributed by atoms with Crippen molar-refractivity contribution in [3.05, 3.63) is 60.2 Å². The van der Waals surface area contributed by atoms with E-state index in [-0.39, 0.29) is 17.7 Å². The van der Waals surface area contributed by atoms with Crippen LogP contribution in [0.3, 0.4) is 0 Å². The lowest BCUT2D eigenvalue weighted by atomic mass is 10.1. The minimum atomic E-state index is -0.239. The number of anilines is 2. The SMILES string of the molecule is CCC(=O)N1C[C@H](C)C(=O)N(Cc2ccccc2)c2ccccc21. The third-order valence-electron chi connectivity index (χ3n) is 4.39. The molecule has 0 spiro atoms. The first-order valence-corrected chi connectivity index (χ1v) is 8.36. The van der Waals surface area contributed by atoms with Crippen LogP contribution in [0.15, 0.2) is 54.6 Å². The molecule has 1 aliphatic rings. The molecular formula is C20H22N2O2. The second-order valence-corrected chi connectivity index (χ2v) is 6.16. The van der Waals surface area contributed by atoms with Crippen LogP contribution in [0.2, 0.25) is 0 Å². The highest BCUT2D eigenvalue weighted by Gasteiger charge is 2.33. The molecular weight excluding hydrogens is 300 g/mol. The van der Waals surface area contributed by atoms with Crippen LogP contribution >= 0.6 is 0 Å². The lowest BCUT2D eigenvalue weighted by Gasteiger charge is -2.25. The van der Waals surface area contributed by atoms with Gasteiger partial charge in [-0.25, -0.2) is 0 Å². The highest BCUT2D eigenvalue weighted by Crippen LogP contribution is 2.35. The Balaban J connectivity index is 2.06. The van der Waals surface area contributed by atoms with Crippen molar-refractivity contribution in [1.82, 2.24) is 0 Å². The van der Waals surface area contributed by atoms with Crippen LogP contribution < -0.4 is 9.80 Å². The van der Waals surface area contributed by atoms with Gasteiger partial charge in [0.05, 0.1) is 23.8 Å². The van der Waals surface area contributed by atoms with Gasteiger partial charge in [0.2, 0.25) is 11.8 Å². The second kappa shape index (κ2) is 6.87. The fraction of sp³-hybridized carbons (Fsp3) is 0.300. The highest BCUT2D eigenvalue weighted by molar-refractivity contribution is 6.05. The quantitative estimate of drug-likeness (QED) is 0.866. The highest BCUT2D eigenvalue weighted by atomic mass is 16.2. The number of para-hydroxylation sites is 2. The summed E-state index contributed by atoms with van der Waals surface area (Å²) in [7, 11) is 0. The molecule has 4 heteroatoms. The predicted molar refractivity (Wildman–Crippen MR) is 95.9 cm³/mol. The zero-order valence-electron chi connectivity index (χ0n) is 14.1. The summed E-state index contributed by atoms with van der Waals surface area (Å²) in [6.45, 7) is 4.68. The summed E-state index contributed by atoms with van der Waals surface area (Å²) < 4.78 is 0. The number of hydrogen-bond acceptors (Lipinski definition) is 2. The minimum absolute atomic E-state index is 0.0451. The molecule has 2 aromatic rings. The van der Waals surface area contributed by atoms with Gasteiger partial charge in [-0.1, -0.05) is 56.3 Å². The molecule has 3 rings (SSSR count). The van der Waals surface area contributed by atoms with E-state index in [2.05, 4.69) is 0 Å². The number of fused-ring (bicyclic) bond motifs is 1. The molecule has 2 amide bonds. The molecule has 0 bridgehead atoms. The van der Waals surface area contributed by atoms with Gasteiger partial charge in [-0.05, 0) is 17.7 Å². The number of carbonyl (C=O) groups is 2. The summed E-state index contributed by atoms with van der Waals surface area (Å²) in [5, 5.41) is 0. The van der Waals surface area contributed by atoms with E-state index in [9.17, 15) is 9.59 Å². The molecule has 1 atom stereocenters. The second-order valence-electron chi connectivity index (χ2n) is 6.16. The van der Waals surface area contributed by atoms with Crippen molar-refractivity contribution in [3.63, 3.8) is 0 Å². The predicted octanol–water partition coefficient (Wildman–Crippen LogP) is 3.61. The topological polar surface area (TPSA) is 40.6 Å². The summed E-state index contributed by atoms with van der Waals surface area (Å²) in [6, 6.07) is 17.6. The van der Waals surface area contributed by atoms with Gasteiger partial charge in [0, 0.05) is 13.0 Å². The Morgan fingerprint density at radius 2 is 1.67 bits per heavy atom. The van der Waals surface area contributed by atoms with Gasteiger partial charge < -0.3 is 9.80 Å². The molecule has 0 saturated heterocycles. The molecule has 0 unspecified atom stereocenters. The molecule has 0 saturated carbocycles. The van der Waals surface area contributed by atoms with Gasteiger partial charge in [0.25, 0.3) is 0 Å². The largest absolute Gasteiger partial charge is 0.310 e.